The maximum atomic E-state index is 9.64. The van der Waals surface area contributed by atoms with Crippen LogP contribution in [0.25, 0.3) is 11.0 Å². The normalized spacial score (nSPS) is 34.4. The third-order valence-electron chi connectivity index (χ3n) is 4.52. The van der Waals surface area contributed by atoms with E-state index in [1.807, 2.05) is 32.3 Å². The molecule has 1 aliphatic heterocycles. The Kier molecular flexibility index (Phi) is 2.82. The summed E-state index contributed by atoms with van der Waals surface area (Å²) in [5.41, 5.74) is 0.903. The van der Waals surface area contributed by atoms with Crippen molar-refractivity contribution in [3.8, 4) is 0 Å². The molecule has 4 atom stereocenters. The predicted molar refractivity (Wildman–Crippen MR) is 75.6 cm³/mol. The van der Waals surface area contributed by atoms with Crippen molar-refractivity contribution in [1.29, 1.82) is 0 Å². The number of ether oxygens (including phenoxy) is 2. The molecule has 2 aliphatic rings. The summed E-state index contributed by atoms with van der Waals surface area (Å²) in [6, 6.07) is 2.14. The minimum atomic E-state index is -0.598. The zero-order valence-corrected chi connectivity index (χ0v) is 12.1. The number of hydrogen-bond acceptors (Lipinski definition) is 5. The predicted octanol–water partition coefficient (Wildman–Crippen LogP) is 1.50. The molecule has 1 aliphatic carbocycles. The summed E-state index contributed by atoms with van der Waals surface area (Å²) >= 11 is 0. The quantitative estimate of drug-likeness (QED) is 0.907. The Morgan fingerprint density at radius 3 is 3.00 bits per heavy atom. The first-order valence-electron chi connectivity index (χ1n) is 7.32. The van der Waals surface area contributed by atoms with Crippen LogP contribution in [0.15, 0.2) is 24.8 Å². The van der Waals surface area contributed by atoms with Gasteiger partial charge in [-0.15, -0.1) is 0 Å². The number of aliphatic hydroxyl groups excluding tert-OH is 1. The number of aromatic nitrogens is 3. The van der Waals surface area contributed by atoms with Gasteiger partial charge in [0.2, 0.25) is 0 Å². The molecule has 1 N–H and O–H groups in total. The highest BCUT2D eigenvalue weighted by Crippen LogP contribution is 2.47. The van der Waals surface area contributed by atoms with Gasteiger partial charge in [-0.2, -0.15) is 0 Å². The summed E-state index contributed by atoms with van der Waals surface area (Å²) in [4.78, 5) is 8.43. The molecule has 0 amide bonds. The second kappa shape index (κ2) is 4.50. The summed E-state index contributed by atoms with van der Waals surface area (Å²) in [6.07, 6.45) is 6.11. The molecule has 21 heavy (non-hydrogen) atoms. The second-order valence-corrected chi connectivity index (χ2v) is 6.34. The Bertz CT molecular complexity index is 669. The van der Waals surface area contributed by atoms with Crippen LogP contribution in [0.5, 0.6) is 0 Å². The van der Waals surface area contributed by atoms with Crippen molar-refractivity contribution in [3.05, 3.63) is 24.8 Å². The Hall–Kier alpha value is -1.50. The fourth-order valence-electron chi connectivity index (χ4n) is 3.67. The number of hydrogen-bond donors (Lipinski definition) is 1. The molecule has 2 aromatic rings. The second-order valence-electron chi connectivity index (χ2n) is 6.34. The van der Waals surface area contributed by atoms with Gasteiger partial charge < -0.3 is 19.1 Å². The van der Waals surface area contributed by atoms with Gasteiger partial charge in [0.15, 0.2) is 5.79 Å². The lowest BCUT2D eigenvalue weighted by atomic mass is 10.1. The van der Waals surface area contributed by atoms with E-state index in [0.29, 0.717) is 0 Å². The summed E-state index contributed by atoms with van der Waals surface area (Å²) in [5.74, 6) is -0.500. The Morgan fingerprint density at radius 2 is 2.19 bits per heavy atom. The van der Waals surface area contributed by atoms with E-state index in [1.54, 1.807) is 6.33 Å². The van der Waals surface area contributed by atoms with Crippen LogP contribution in [0.4, 0.5) is 0 Å². The lowest BCUT2D eigenvalue weighted by Crippen LogP contribution is -2.27. The summed E-state index contributed by atoms with van der Waals surface area (Å²) in [6.45, 7) is 3.96. The zero-order chi connectivity index (χ0) is 14.6. The fourth-order valence-corrected chi connectivity index (χ4v) is 3.67. The standard InChI is InChI=1S/C15H19N3O3/c1-15(2)20-12-10(7-19)5-11(13(12)21-15)18-4-3-9-6-16-8-17-14(9)18/h3-4,6,8,10-13,19H,5,7H2,1-2H3/t10-,11-,12-,13+/m1/s1. The van der Waals surface area contributed by atoms with E-state index in [-0.39, 0.29) is 30.8 Å². The monoisotopic (exact) mass is 289 g/mol. The van der Waals surface area contributed by atoms with Crippen LogP contribution in [0, 0.1) is 5.92 Å². The van der Waals surface area contributed by atoms with Gasteiger partial charge >= 0.3 is 0 Å². The largest absolute Gasteiger partial charge is 0.396 e. The van der Waals surface area contributed by atoms with Gasteiger partial charge in [0.25, 0.3) is 0 Å². The van der Waals surface area contributed by atoms with Crippen molar-refractivity contribution < 1.29 is 14.6 Å². The number of rotatable bonds is 2. The van der Waals surface area contributed by atoms with Crippen molar-refractivity contribution in [2.24, 2.45) is 5.92 Å². The van der Waals surface area contributed by atoms with Crippen LogP contribution in [0.3, 0.4) is 0 Å². The van der Waals surface area contributed by atoms with Gasteiger partial charge in [0, 0.05) is 30.3 Å². The molecule has 4 rings (SSSR count). The van der Waals surface area contributed by atoms with E-state index in [9.17, 15) is 5.11 Å². The molecule has 0 aromatic carbocycles. The third kappa shape index (κ3) is 1.97. The average Bonchev–Trinajstić information content (AvgIpc) is 3.09. The van der Waals surface area contributed by atoms with Crippen LogP contribution in [0.2, 0.25) is 0 Å². The molecule has 2 fully saturated rings. The minimum absolute atomic E-state index is 0.0530. The van der Waals surface area contributed by atoms with Crippen LogP contribution in [-0.2, 0) is 9.47 Å². The van der Waals surface area contributed by atoms with Crippen molar-refractivity contribution in [3.63, 3.8) is 0 Å². The highest BCUT2D eigenvalue weighted by Gasteiger charge is 2.54. The lowest BCUT2D eigenvalue weighted by molar-refractivity contribution is -0.161. The van der Waals surface area contributed by atoms with Gasteiger partial charge in [0.1, 0.15) is 18.1 Å². The molecule has 1 saturated heterocycles. The van der Waals surface area contributed by atoms with Crippen molar-refractivity contribution >= 4 is 11.0 Å². The molecule has 6 heteroatoms. The van der Waals surface area contributed by atoms with Crippen LogP contribution in [0.1, 0.15) is 26.3 Å². The van der Waals surface area contributed by atoms with Gasteiger partial charge in [0.05, 0.1) is 12.1 Å². The van der Waals surface area contributed by atoms with E-state index in [1.165, 1.54) is 0 Å². The molecule has 0 radical (unpaired) electrons. The van der Waals surface area contributed by atoms with Gasteiger partial charge in [-0.1, -0.05) is 0 Å². The molecule has 112 valence electrons. The highest BCUT2D eigenvalue weighted by molar-refractivity contribution is 5.74. The topological polar surface area (TPSA) is 69.4 Å². The summed E-state index contributed by atoms with van der Waals surface area (Å²) in [7, 11) is 0. The summed E-state index contributed by atoms with van der Waals surface area (Å²) < 4.78 is 14.2. The van der Waals surface area contributed by atoms with E-state index in [2.05, 4.69) is 14.5 Å². The molecule has 0 bridgehead atoms. The van der Waals surface area contributed by atoms with Crippen molar-refractivity contribution in [2.75, 3.05) is 6.61 Å². The van der Waals surface area contributed by atoms with Crippen LogP contribution >= 0.6 is 0 Å². The zero-order valence-electron chi connectivity index (χ0n) is 12.1. The van der Waals surface area contributed by atoms with Gasteiger partial charge in [-0.25, -0.2) is 9.97 Å². The highest BCUT2D eigenvalue weighted by atomic mass is 16.8. The molecular weight excluding hydrogens is 270 g/mol. The number of fused-ring (bicyclic) bond motifs is 2. The molecule has 2 aromatic heterocycles. The van der Waals surface area contributed by atoms with E-state index in [0.717, 1.165) is 17.5 Å². The van der Waals surface area contributed by atoms with Gasteiger partial charge in [-0.3, -0.25) is 0 Å². The maximum absolute atomic E-state index is 9.64. The number of aliphatic hydroxyl groups is 1. The molecular formula is C15H19N3O3. The minimum Gasteiger partial charge on any atom is -0.396 e. The van der Waals surface area contributed by atoms with Crippen LogP contribution in [-0.4, -0.2) is 44.2 Å². The number of nitrogens with zero attached hydrogens (tertiary/aromatic N) is 3. The first-order valence-corrected chi connectivity index (χ1v) is 7.32. The average molecular weight is 289 g/mol. The maximum Gasteiger partial charge on any atom is 0.163 e. The van der Waals surface area contributed by atoms with Crippen molar-refractivity contribution in [2.45, 2.75) is 44.3 Å². The molecule has 0 unspecified atom stereocenters. The lowest BCUT2D eigenvalue weighted by Gasteiger charge is -2.24. The molecule has 6 nitrogen and oxygen atoms in total. The molecule has 1 saturated carbocycles. The van der Waals surface area contributed by atoms with Gasteiger partial charge in [-0.05, 0) is 26.3 Å². The fraction of sp³-hybridized carbons (Fsp3) is 0.600. The summed E-state index contributed by atoms with van der Waals surface area (Å²) in [5, 5.41) is 10.7. The SMILES string of the molecule is CC1(C)O[C@@H]2[C@@H](CO)C[C@@H](n3ccc4cncnc43)[C@@H]2O1. The Balaban J connectivity index is 1.75. The smallest absolute Gasteiger partial charge is 0.163 e. The van der Waals surface area contributed by atoms with Crippen LogP contribution < -0.4 is 0 Å². The molecule has 0 spiro atoms. The first-order chi connectivity index (χ1) is 10.1. The molecule has 3 heterocycles. The Labute approximate surface area is 122 Å². The van der Waals surface area contributed by atoms with E-state index >= 15 is 0 Å². The first kappa shape index (κ1) is 13.2. The van der Waals surface area contributed by atoms with E-state index in [4.69, 9.17) is 9.47 Å². The third-order valence-corrected chi connectivity index (χ3v) is 4.52. The Morgan fingerprint density at radius 1 is 1.38 bits per heavy atom. The van der Waals surface area contributed by atoms with E-state index < -0.39 is 5.79 Å². The van der Waals surface area contributed by atoms with Crippen molar-refractivity contribution in [1.82, 2.24) is 14.5 Å².